The molecule has 1 heterocycles. The van der Waals surface area contributed by atoms with Gasteiger partial charge in [-0.3, -0.25) is 9.59 Å². The van der Waals surface area contributed by atoms with E-state index in [1.54, 1.807) is 0 Å². The topological polar surface area (TPSA) is 54.4 Å². The molecule has 0 bridgehead atoms. The molecule has 0 amide bonds. The van der Waals surface area contributed by atoms with E-state index in [4.69, 9.17) is 0 Å². The fourth-order valence-corrected chi connectivity index (χ4v) is 3.37. The Bertz CT molecular complexity index is 369. The summed E-state index contributed by atoms with van der Waals surface area (Å²) in [5.41, 5.74) is 0.0687. The molecule has 2 unspecified atom stereocenters. The molecule has 0 radical (unpaired) electrons. The van der Waals surface area contributed by atoms with Crippen molar-refractivity contribution in [3.8, 4) is 0 Å². The van der Waals surface area contributed by atoms with Gasteiger partial charge in [-0.25, -0.2) is 0 Å². The van der Waals surface area contributed by atoms with E-state index in [0.717, 1.165) is 18.2 Å². The van der Waals surface area contributed by atoms with E-state index < -0.39 is 0 Å². The summed E-state index contributed by atoms with van der Waals surface area (Å²) in [5.74, 6) is 1.21. The van der Waals surface area contributed by atoms with Crippen LogP contribution in [0.3, 0.4) is 0 Å². The van der Waals surface area contributed by atoms with Crippen molar-refractivity contribution < 1.29 is 14.7 Å². The first-order valence-corrected chi connectivity index (χ1v) is 7.74. The molecule has 0 aromatic rings. The summed E-state index contributed by atoms with van der Waals surface area (Å²) in [7, 11) is 0. The van der Waals surface area contributed by atoms with Crippen molar-refractivity contribution in [2.24, 2.45) is 11.8 Å². The lowest BCUT2D eigenvalue weighted by molar-refractivity contribution is -0.115. The van der Waals surface area contributed by atoms with Gasteiger partial charge in [0.05, 0.1) is 5.75 Å². The molecular formula is C14H20O3S. The standard InChI is InChI=1S/C14H20O3S/c1-2-3-4-5-9-6-10(9)7-11(15)13-12(16)8-18-14(13)17/h9-10,15H,2-8H2,1H3/b13-11+. The van der Waals surface area contributed by atoms with Crippen molar-refractivity contribution in [1.29, 1.82) is 0 Å². The predicted molar refractivity (Wildman–Crippen MR) is 72.5 cm³/mol. The highest BCUT2D eigenvalue weighted by Gasteiger charge is 2.39. The fraction of sp³-hybridized carbons (Fsp3) is 0.714. The van der Waals surface area contributed by atoms with Gasteiger partial charge in [-0.2, -0.15) is 0 Å². The molecule has 1 N–H and O–H groups in total. The maximum absolute atomic E-state index is 11.5. The van der Waals surface area contributed by atoms with Crippen LogP contribution in [0.4, 0.5) is 0 Å². The number of rotatable bonds is 6. The van der Waals surface area contributed by atoms with Crippen LogP contribution >= 0.6 is 11.8 Å². The smallest absolute Gasteiger partial charge is 0.226 e. The van der Waals surface area contributed by atoms with Crippen LogP contribution in [0.2, 0.25) is 0 Å². The van der Waals surface area contributed by atoms with Crippen molar-refractivity contribution >= 4 is 22.7 Å². The number of aliphatic hydroxyl groups excluding tert-OH is 1. The Hall–Kier alpha value is -0.770. The third-order valence-electron chi connectivity index (χ3n) is 3.81. The SMILES string of the molecule is CCCCCC1CC1C/C(O)=C1/C(=O)CSC1=O. The van der Waals surface area contributed by atoms with E-state index in [1.807, 2.05) is 0 Å². The number of hydrogen-bond donors (Lipinski definition) is 1. The summed E-state index contributed by atoms with van der Waals surface area (Å²) in [6.45, 7) is 2.19. The Morgan fingerprint density at radius 3 is 2.72 bits per heavy atom. The lowest BCUT2D eigenvalue weighted by atomic mass is 10.1. The molecule has 1 aliphatic heterocycles. The highest BCUT2D eigenvalue weighted by molar-refractivity contribution is 8.15. The summed E-state index contributed by atoms with van der Waals surface area (Å²) in [5, 5.41) is 9.66. The Morgan fingerprint density at radius 1 is 1.33 bits per heavy atom. The minimum Gasteiger partial charge on any atom is -0.511 e. The number of allylic oxidation sites excluding steroid dienone is 1. The molecule has 1 saturated heterocycles. The van der Waals surface area contributed by atoms with Crippen molar-refractivity contribution in [3.05, 3.63) is 11.3 Å². The van der Waals surface area contributed by atoms with Crippen molar-refractivity contribution in [2.75, 3.05) is 5.75 Å². The summed E-state index contributed by atoms with van der Waals surface area (Å²) >= 11 is 1.00. The zero-order chi connectivity index (χ0) is 13.1. The first-order chi connectivity index (χ1) is 8.63. The number of aliphatic hydroxyl groups is 1. The molecule has 4 heteroatoms. The number of carbonyl (C=O) groups is 2. The Balaban J connectivity index is 1.82. The van der Waals surface area contributed by atoms with Crippen molar-refractivity contribution in [1.82, 2.24) is 0 Å². The number of thioether (sulfide) groups is 1. The predicted octanol–water partition coefficient (Wildman–Crippen LogP) is 3.25. The number of hydrogen-bond acceptors (Lipinski definition) is 4. The normalized spacial score (nSPS) is 29.8. The van der Waals surface area contributed by atoms with Gasteiger partial charge in [0, 0.05) is 6.42 Å². The monoisotopic (exact) mass is 268 g/mol. The minimum atomic E-state index is -0.249. The average molecular weight is 268 g/mol. The number of carbonyl (C=O) groups excluding carboxylic acids is 2. The second-order valence-corrected chi connectivity index (χ2v) is 6.22. The zero-order valence-corrected chi connectivity index (χ0v) is 11.6. The Morgan fingerprint density at radius 2 is 2.11 bits per heavy atom. The highest BCUT2D eigenvalue weighted by Crippen LogP contribution is 2.46. The molecule has 18 heavy (non-hydrogen) atoms. The van der Waals surface area contributed by atoms with Gasteiger partial charge in [-0.1, -0.05) is 44.4 Å². The Kier molecular flexibility index (Phi) is 4.49. The highest BCUT2D eigenvalue weighted by atomic mass is 32.2. The van der Waals surface area contributed by atoms with Crippen molar-refractivity contribution in [2.45, 2.75) is 45.4 Å². The molecule has 1 saturated carbocycles. The van der Waals surface area contributed by atoms with Crippen LogP contribution in [0.25, 0.3) is 0 Å². The fourth-order valence-electron chi connectivity index (χ4n) is 2.59. The average Bonchev–Trinajstić information content (AvgIpc) is 2.96. The third-order valence-corrected chi connectivity index (χ3v) is 4.68. The second-order valence-electron chi connectivity index (χ2n) is 5.28. The molecule has 0 aromatic carbocycles. The molecule has 1 aliphatic carbocycles. The first-order valence-electron chi connectivity index (χ1n) is 6.76. The van der Waals surface area contributed by atoms with Gasteiger partial charge in [0.1, 0.15) is 11.3 Å². The lowest BCUT2D eigenvalue weighted by Gasteiger charge is -2.02. The number of ketones is 1. The van der Waals surface area contributed by atoms with Gasteiger partial charge in [0.2, 0.25) is 5.12 Å². The largest absolute Gasteiger partial charge is 0.511 e. The third kappa shape index (κ3) is 3.16. The van der Waals surface area contributed by atoms with Crippen molar-refractivity contribution in [3.63, 3.8) is 0 Å². The van der Waals surface area contributed by atoms with Gasteiger partial charge < -0.3 is 5.11 Å². The Labute approximate surface area is 112 Å². The summed E-state index contributed by atoms with van der Waals surface area (Å²) in [6, 6.07) is 0. The summed E-state index contributed by atoms with van der Waals surface area (Å²) < 4.78 is 0. The molecule has 0 aromatic heterocycles. The molecule has 3 nitrogen and oxygen atoms in total. The quantitative estimate of drug-likeness (QED) is 0.348. The van der Waals surface area contributed by atoms with Gasteiger partial charge in [0.25, 0.3) is 0 Å². The minimum absolute atomic E-state index is 0.0398. The maximum atomic E-state index is 11.5. The van der Waals surface area contributed by atoms with E-state index in [0.29, 0.717) is 18.3 Å². The summed E-state index contributed by atoms with van der Waals surface area (Å²) in [4.78, 5) is 22.9. The van der Waals surface area contributed by atoms with Crippen LogP contribution in [0.5, 0.6) is 0 Å². The van der Waals surface area contributed by atoms with Gasteiger partial charge in [-0.15, -0.1) is 0 Å². The molecule has 100 valence electrons. The molecule has 2 atom stereocenters. The summed E-state index contributed by atoms with van der Waals surface area (Å²) in [6.07, 6.45) is 6.62. The molecule has 2 rings (SSSR count). The van der Waals surface area contributed by atoms with Crippen LogP contribution in [0.1, 0.15) is 45.4 Å². The van der Waals surface area contributed by atoms with Crippen LogP contribution in [-0.4, -0.2) is 21.8 Å². The molecule has 2 aliphatic rings. The number of unbranched alkanes of at least 4 members (excludes halogenated alkanes) is 2. The zero-order valence-electron chi connectivity index (χ0n) is 10.8. The van der Waals surface area contributed by atoms with E-state index in [9.17, 15) is 14.7 Å². The molecule has 2 fully saturated rings. The van der Waals surface area contributed by atoms with Gasteiger partial charge >= 0.3 is 0 Å². The van der Waals surface area contributed by atoms with Crippen LogP contribution in [-0.2, 0) is 9.59 Å². The molecule has 0 spiro atoms. The number of Topliss-reactive ketones (excluding diaryl/α,β-unsaturated/α-hetero) is 1. The van der Waals surface area contributed by atoms with Gasteiger partial charge in [-0.05, 0) is 18.3 Å². The molecular weight excluding hydrogens is 248 g/mol. The van der Waals surface area contributed by atoms with E-state index >= 15 is 0 Å². The lowest BCUT2D eigenvalue weighted by Crippen LogP contribution is -2.06. The first kappa shape index (κ1) is 13.7. The van der Waals surface area contributed by atoms with E-state index in [2.05, 4.69) is 6.92 Å². The van der Waals surface area contributed by atoms with E-state index in [-0.39, 0.29) is 28.0 Å². The van der Waals surface area contributed by atoms with E-state index in [1.165, 1.54) is 25.7 Å². The van der Waals surface area contributed by atoms with Crippen LogP contribution in [0.15, 0.2) is 11.3 Å². The second kappa shape index (κ2) is 5.91. The van der Waals surface area contributed by atoms with Crippen LogP contribution < -0.4 is 0 Å². The van der Waals surface area contributed by atoms with Gasteiger partial charge in [0.15, 0.2) is 5.78 Å². The van der Waals surface area contributed by atoms with Crippen LogP contribution in [0, 0.1) is 11.8 Å². The maximum Gasteiger partial charge on any atom is 0.226 e.